The molecule has 0 saturated carbocycles. The number of hydrogen-bond acceptors (Lipinski definition) is 5. The smallest absolute Gasteiger partial charge is 0.164 e. The van der Waals surface area contributed by atoms with E-state index in [1.54, 1.807) is 0 Å². The van der Waals surface area contributed by atoms with Gasteiger partial charge in [0.05, 0.1) is 0 Å². The molecule has 12 aromatic rings. The number of anilines is 3. The SMILES string of the molecule is c1ccc(-c2ccc(N(c3cccc(-c4cc(-c5ccccc5)cc(-c5cccc(-c6nc(-c7ccccc7)nc(-c7ccccc7)n6)c5)c4)c3)c3ccc4oc5ccccc5c4c3)cc2)cc1. The molecular formula is C63H42N4O. The van der Waals surface area contributed by atoms with Crippen LogP contribution in [0.5, 0.6) is 0 Å². The van der Waals surface area contributed by atoms with Crippen molar-refractivity contribution < 1.29 is 4.42 Å². The summed E-state index contributed by atoms with van der Waals surface area (Å²) in [5.41, 5.74) is 16.6. The second-order valence-corrected chi connectivity index (χ2v) is 16.9. The normalized spacial score (nSPS) is 11.2. The Kier molecular flexibility index (Phi) is 10.5. The van der Waals surface area contributed by atoms with Gasteiger partial charge < -0.3 is 9.32 Å². The van der Waals surface area contributed by atoms with Gasteiger partial charge in [-0.15, -0.1) is 0 Å². The summed E-state index contributed by atoms with van der Waals surface area (Å²) in [4.78, 5) is 17.4. The predicted molar refractivity (Wildman–Crippen MR) is 280 cm³/mol. The molecule has 0 aliphatic rings. The molecule has 10 aromatic carbocycles. The van der Waals surface area contributed by atoms with Gasteiger partial charge in [0, 0.05) is 44.5 Å². The highest BCUT2D eigenvalue weighted by molar-refractivity contribution is 6.06. The third kappa shape index (κ3) is 7.99. The monoisotopic (exact) mass is 870 g/mol. The van der Waals surface area contributed by atoms with E-state index < -0.39 is 0 Å². The largest absolute Gasteiger partial charge is 0.456 e. The lowest BCUT2D eigenvalue weighted by molar-refractivity contribution is 0.669. The van der Waals surface area contributed by atoms with Gasteiger partial charge in [-0.1, -0.05) is 182 Å². The van der Waals surface area contributed by atoms with Gasteiger partial charge >= 0.3 is 0 Å². The molecular weight excluding hydrogens is 829 g/mol. The van der Waals surface area contributed by atoms with E-state index in [9.17, 15) is 0 Å². The quantitative estimate of drug-likeness (QED) is 0.137. The maximum Gasteiger partial charge on any atom is 0.164 e. The molecule has 0 saturated heterocycles. The fraction of sp³-hybridized carbons (Fsp3) is 0. The van der Waals surface area contributed by atoms with Crippen LogP contribution >= 0.6 is 0 Å². The number of nitrogens with zero attached hydrogens (tertiary/aromatic N) is 4. The van der Waals surface area contributed by atoms with E-state index in [2.05, 4.69) is 187 Å². The average molecular weight is 871 g/mol. The Morgan fingerprint density at radius 2 is 0.632 bits per heavy atom. The van der Waals surface area contributed by atoms with Gasteiger partial charge in [-0.2, -0.15) is 0 Å². The van der Waals surface area contributed by atoms with Gasteiger partial charge in [0.1, 0.15) is 11.2 Å². The van der Waals surface area contributed by atoms with E-state index in [4.69, 9.17) is 19.4 Å². The van der Waals surface area contributed by atoms with Crippen LogP contribution in [0.3, 0.4) is 0 Å². The molecule has 68 heavy (non-hydrogen) atoms. The minimum Gasteiger partial charge on any atom is -0.456 e. The molecule has 5 heteroatoms. The van der Waals surface area contributed by atoms with Crippen LogP contribution in [0.1, 0.15) is 0 Å². The lowest BCUT2D eigenvalue weighted by Gasteiger charge is -2.26. The highest BCUT2D eigenvalue weighted by Gasteiger charge is 2.18. The third-order valence-corrected chi connectivity index (χ3v) is 12.5. The van der Waals surface area contributed by atoms with Crippen LogP contribution in [-0.4, -0.2) is 15.0 Å². The van der Waals surface area contributed by atoms with Crippen LogP contribution in [0.25, 0.3) is 101 Å². The van der Waals surface area contributed by atoms with Crippen molar-refractivity contribution in [2.24, 2.45) is 0 Å². The van der Waals surface area contributed by atoms with Crippen molar-refractivity contribution in [3.05, 3.63) is 255 Å². The van der Waals surface area contributed by atoms with E-state index in [-0.39, 0.29) is 0 Å². The number of furan rings is 1. The van der Waals surface area contributed by atoms with Crippen molar-refractivity contribution >= 4 is 39.0 Å². The summed E-state index contributed by atoms with van der Waals surface area (Å²) in [6.45, 7) is 0. The maximum absolute atomic E-state index is 6.29. The molecule has 0 atom stereocenters. The molecule has 0 N–H and O–H groups in total. The molecule has 320 valence electrons. The molecule has 0 spiro atoms. The maximum atomic E-state index is 6.29. The highest BCUT2D eigenvalue weighted by Crippen LogP contribution is 2.42. The number of fused-ring (bicyclic) bond motifs is 3. The summed E-state index contributed by atoms with van der Waals surface area (Å²) in [6, 6.07) is 89.2. The summed E-state index contributed by atoms with van der Waals surface area (Å²) >= 11 is 0. The van der Waals surface area contributed by atoms with Crippen molar-refractivity contribution in [2.75, 3.05) is 4.90 Å². The first-order chi connectivity index (χ1) is 33.7. The van der Waals surface area contributed by atoms with Crippen LogP contribution < -0.4 is 4.90 Å². The van der Waals surface area contributed by atoms with Gasteiger partial charge in [-0.05, 0) is 117 Å². The fourth-order valence-electron chi connectivity index (χ4n) is 9.09. The first-order valence-electron chi connectivity index (χ1n) is 22.8. The molecule has 0 radical (unpaired) electrons. The fourth-order valence-corrected chi connectivity index (χ4v) is 9.09. The molecule has 0 bridgehead atoms. The van der Waals surface area contributed by atoms with Gasteiger partial charge in [0.2, 0.25) is 0 Å². The van der Waals surface area contributed by atoms with E-state index in [1.807, 2.05) is 72.8 Å². The Hall–Kier alpha value is -9.19. The first-order valence-corrected chi connectivity index (χ1v) is 22.8. The highest BCUT2D eigenvalue weighted by atomic mass is 16.3. The van der Waals surface area contributed by atoms with Crippen LogP contribution in [0.2, 0.25) is 0 Å². The predicted octanol–water partition coefficient (Wildman–Crippen LogP) is 16.9. The number of hydrogen-bond donors (Lipinski definition) is 0. The van der Waals surface area contributed by atoms with Crippen LogP contribution in [-0.2, 0) is 0 Å². The van der Waals surface area contributed by atoms with Crippen molar-refractivity contribution in [3.63, 3.8) is 0 Å². The van der Waals surface area contributed by atoms with Gasteiger partial charge in [-0.3, -0.25) is 0 Å². The summed E-state index contributed by atoms with van der Waals surface area (Å²) in [5.74, 6) is 1.88. The zero-order valence-electron chi connectivity index (χ0n) is 36.9. The second kappa shape index (κ2) is 17.7. The molecule has 0 aliphatic carbocycles. The molecule has 2 aromatic heterocycles. The molecule has 0 aliphatic heterocycles. The Morgan fingerprint density at radius 1 is 0.235 bits per heavy atom. The standard InChI is InChI=1S/C63H42N4O/c1-5-17-43(18-6-1)45-31-33-54(34-32-45)67(56-35-36-60-58(42-56)57-29-13-14-30-59(57)68-60)55-28-16-26-49(41-55)53-39-51(44-19-7-2-8-20-44)38-52(40-53)48-25-15-27-50(37-48)63-65-61(46-21-9-3-10-22-46)64-62(66-63)47-23-11-4-12-24-47/h1-42H. The molecule has 12 rings (SSSR count). The Bertz CT molecular complexity index is 3660. The van der Waals surface area contributed by atoms with E-state index in [1.165, 1.54) is 5.56 Å². The number of aromatic nitrogens is 3. The average Bonchev–Trinajstić information content (AvgIpc) is 3.80. The van der Waals surface area contributed by atoms with Crippen molar-refractivity contribution in [2.45, 2.75) is 0 Å². The van der Waals surface area contributed by atoms with E-state index in [0.717, 1.165) is 94.6 Å². The summed E-state index contributed by atoms with van der Waals surface area (Å²) < 4.78 is 6.29. The van der Waals surface area contributed by atoms with Crippen LogP contribution in [0.15, 0.2) is 259 Å². The van der Waals surface area contributed by atoms with Crippen LogP contribution in [0, 0.1) is 0 Å². The Labute approximate surface area is 395 Å². The number of para-hydroxylation sites is 1. The lowest BCUT2D eigenvalue weighted by Crippen LogP contribution is -2.10. The van der Waals surface area contributed by atoms with E-state index in [0.29, 0.717) is 17.5 Å². The van der Waals surface area contributed by atoms with Gasteiger partial charge in [-0.25, -0.2) is 15.0 Å². The summed E-state index contributed by atoms with van der Waals surface area (Å²) in [7, 11) is 0. The third-order valence-electron chi connectivity index (χ3n) is 12.5. The zero-order chi connectivity index (χ0) is 45.2. The van der Waals surface area contributed by atoms with Crippen LogP contribution in [0.4, 0.5) is 17.1 Å². The van der Waals surface area contributed by atoms with Crippen molar-refractivity contribution in [3.8, 4) is 78.7 Å². The van der Waals surface area contributed by atoms with Gasteiger partial charge in [0.15, 0.2) is 17.5 Å². The molecule has 0 fully saturated rings. The van der Waals surface area contributed by atoms with Crippen molar-refractivity contribution in [1.82, 2.24) is 15.0 Å². The molecule has 0 amide bonds. The first kappa shape index (κ1) is 40.3. The lowest BCUT2D eigenvalue weighted by atomic mass is 9.92. The van der Waals surface area contributed by atoms with Gasteiger partial charge in [0.25, 0.3) is 0 Å². The topological polar surface area (TPSA) is 55.1 Å². The van der Waals surface area contributed by atoms with E-state index >= 15 is 0 Å². The minimum absolute atomic E-state index is 0.616. The minimum atomic E-state index is 0.616. The Morgan fingerprint density at radius 3 is 1.25 bits per heavy atom. The number of rotatable bonds is 10. The molecule has 0 unspecified atom stereocenters. The second-order valence-electron chi connectivity index (χ2n) is 16.9. The van der Waals surface area contributed by atoms with Crippen molar-refractivity contribution in [1.29, 1.82) is 0 Å². The number of benzene rings is 10. The summed E-state index contributed by atoms with van der Waals surface area (Å²) in [5, 5.41) is 2.17. The molecule has 5 nitrogen and oxygen atoms in total. The molecule has 2 heterocycles. The summed E-state index contributed by atoms with van der Waals surface area (Å²) in [6.07, 6.45) is 0. The Balaban J connectivity index is 0.981. The zero-order valence-corrected chi connectivity index (χ0v) is 36.9.